The van der Waals surface area contributed by atoms with Crippen molar-refractivity contribution >= 4 is 5.82 Å². The average Bonchev–Trinajstić information content (AvgIpc) is 1.95. The number of halogens is 1. The monoisotopic (exact) mass is 228 g/mol. The highest BCUT2D eigenvalue weighted by atomic mass is 79.9. The summed E-state index contributed by atoms with van der Waals surface area (Å²) in [5.74, 6) is 0.782. The maximum absolute atomic E-state index is 5.72. The van der Waals surface area contributed by atoms with E-state index in [2.05, 4.69) is 6.58 Å². The number of aryl methyl sites for hydroxylation is 1. The molecule has 0 amide bonds. The molecular weight excluding hydrogens is 216 g/mol. The zero-order chi connectivity index (χ0) is 8.27. The minimum atomic E-state index is 0. The van der Waals surface area contributed by atoms with Crippen molar-refractivity contribution in [1.29, 1.82) is 0 Å². The quantitative estimate of drug-likeness (QED) is 0.464. The summed E-state index contributed by atoms with van der Waals surface area (Å²) in [5.41, 5.74) is 6.91. The molecule has 0 aliphatic rings. The molecule has 1 rings (SSSR count). The number of hydrogen-bond donors (Lipinski definition) is 1. The number of anilines is 1. The van der Waals surface area contributed by atoms with Gasteiger partial charge in [-0.15, -0.1) is 0 Å². The topological polar surface area (TPSA) is 29.9 Å². The molecule has 0 saturated heterocycles. The summed E-state index contributed by atoms with van der Waals surface area (Å²) in [4.78, 5) is 0. The molecule has 0 unspecified atom stereocenters. The molecule has 0 aliphatic heterocycles. The molecule has 0 bridgehead atoms. The Labute approximate surface area is 83.5 Å². The molecule has 0 fully saturated rings. The lowest BCUT2D eigenvalue weighted by atomic mass is 10.3. The maximum Gasteiger partial charge on any atom is 0.272 e. The van der Waals surface area contributed by atoms with Crippen LogP contribution >= 0.6 is 0 Å². The van der Waals surface area contributed by atoms with Crippen molar-refractivity contribution in [3.8, 4) is 0 Å². The Balaban J connectivity index is 0.00000121. The second-order valence-corrected chi connectivity index (χ2v) is 2.57. The van der Waals surface area contributed by atoms with E-state index in [1.807, 2.05) is 35.9 Å². The van der Waals surface area contributed by atoms with E-state index in [0.717, 1.165) is 12.4 Å². The molecule has 1 aromatic rings. The predicted molar refractivity (Wildman–Crippen MR) is 46.0 cm³/mol. The highest BCUT2D eigenvalue weighted by molar-refractivity contribution is 5.25. The number of rotatable bonds is 2. The Morgan fingerprint density at radius 1 is 1.67 bits per heavy atom. The van der Waals surface area contributed by atoms with Gasteiger partial charge >= 0.3 is 0 Å². The van der Waals surface area contributed by atoms with E-state index in [4.69, 9.17) is 5.73 Å². The smallest absolute Gasteiger partial charge is 0.272 e. The van der Waals surface area contributed by atoms with Gasteiger partial charge in [0.2, 0.25) is 0 Å². The third-order valence-electron chi connectivity index (χ3n) is 1.55. The number of hydrogen-bond acceptors (Lipinski definition) is 1. The summed E-state index contributed by atoms with van der Waals surface area (Å²) in [6, 6.07) is 3.98. The fraction of sp³-hybridized carbons (Fsp3) is 0.222. The van der Waals surface area contributed by atoms with Crippen LogP contribution < -0.4 is 27.3 Å². The van der Waals surface area contributed by atoms with Crippen molar-refractivity contribution in [2.24, 2.45) is 0 Å². The van der Waals surface area contributed by atoms with Gasteiger partial charge in [0.1, 0.15) is 6.54 Å². The first-order valence-corrected chi connectivity index (χ1v) is 3.60. The lowest BCUT2D eigenvalue weighted by Gasteiger charge is -1.99. The largest absolute Gasteiger partial charge is 1.00 e. The standard InChI is InChI=1S/C9H12N2.BrH/c1-3-5-11-6-4-8(2)7-9(11)10;/h3-4,6-7,10H,1,5H2,2H3;1H. The second kappa shape index (κ2) is 4.93. The summed E-state index contributed by atoms with van der Waals surface area (Å²) in [6.45, 7) is 6.44. The highest BCUT2D eigenvalue weighted by Crippen LogP contribution is 1.98. The third kappa shape index (κ3) is 2.66. The van der Waals surface area contributed by atoms with Crippen LogP contribution in [-0.2, 0) is 6.54 Å². The van der Waals surface area contributed by atoms with Gasteiger partial charge in [-0.3, -0.25) is 5.73 Å². The number of pyridine rings is 1. The van der Waals surface area contributed by atoms with E-state index in [0.29, 0.717) is 0 Å². The van der Waals surface area contributed by atoms with Crippen molar-refractivity contribution in [2.45, 2.75) is 13.5 Å². The zero-order valence-corrected chi connectivity index (χ0v) is 8.71. The van der Waals surface area contributed by atoms with Gasteiger partial charge in [0.15, 0.2) is 0 Å². The number of nitrogens with zero attached hydrogens (tertiary/aromatic N) is 1. The molecule has 0 atom stereocenters. The van der Waals surface area contributed by atoms with Gasteiger partial charge in [0, 0.05) is 6.07 Å². The summed E-state index contributed by atoms with van der Waals surface area (Å²) < 4.78 is 1.94. The number of allylic oxidation sites excluding steroid dienone is 1. The average molecular weight is 229 g/mol. The Morgan fingerprint density at radius 2 is 2.33 bits per heavy atom. The van der Waals surface area contributed by atoms with Crippen LogP contribution in [0, 0.1) is 6.92 Å². The first-order valence-electron chi connectivity index (χ1n) is 3.60. The van der Waals surface area contributed by atoms with Crippen LogP contribution in [0.2, 0.25) is 0 Å². The van der Waals surface area contributed by atoms with Gasteiger partial charge in [-0.2, -0.15) is 0 Å². The molecule has 2 nitrogen and oxygen atoms in total. The van der Waals surface area contributed by atoms with Crippen LogP contribution in [0.15, 0.2) is 31.0 Å². The van der Waals surface area contributed by atoms with E-state index >= 15 is 0 Å². The van der Waals surface area contributed by atoms with E-state index in [-0.39, 0.29) is 17.0 Å². The molecule has 1 heterocycles. The van der Waals surface area contributed by atoms with E-state index in [9.17, 15) is 0 Å². The highest BCUT2D eigenvalue weighted by Gasteiger charge is 2.00. The normalized spacial score (nSPS) is 8.75. The Kier molecular flexibility index (Phi) is 4.59. The Morgan fingerprint density at radius 3 is 2.83 bits per heavy atom. The van der Waals surface area contributed by atoms with Crippen molar-refractivity contribution in [2.75, 3.05) is 5.73 Å². The first-order chi connectivity index (χ1) is 5.24. The molecular formula is C9H13BrN2. The number of nitrogen functional groups attached to an aromatic ring is 1. The molecule has 0 aromatic carbocycles. The van der Waals surface area contributed by atoms with Gasteiger partial charge in [-0.25, -0.2) is 4.57 Å². The minimum absolute atomic E-state index is 0. The Hall–Kier alpha value is -0.830. The number of aromatic nitrogens is 1. The minimum Gasteiger partial charge on any atom is -1.00 e. The molecule has 0 aliphatic carbocycles. The SMILES string of the molecule is C=CC[n+]1ccc(C)cc1N.[Br-]. The summed E-state index contributed by atoms with van der Waals surface area (Å²) >= 11 is 0. The molecule has 12 heavy (non-hydrogen) atoms. The van der Waals surface area contributed by atoms with Gasteiger partial charge in [0.05, 0.1) is 6.20 Å². The lowest BCUT2D eigenvalue weighted by molar-refractivity contribution is -0.672. The van der Waals surface area contributed by atoms with Gasteiger partial charge in [-0.05, 0) is 18.6 Å². The van der Waals surface area contributed by atoms with Crippen molar-refractivity contribution in [3.05, 3.63) is 36.5 Å². The zero-order valence-electron chi connectivity index (χ0n) is 7.13. The van der Waals surface area contributed by atoms with Crippen LogP contribution in [-0.4, -0.2) is 0 Å². The van der Waals surface area contributed by atoms with Crippen LogP contribution in [0.5, 0.6) is 0 Å². The molecule has 1 aromatic heterocycles. The van der Waals surface area contributed by atoms with Crippen LogP contribution in [0.4, 0.5) is 5.82 Å². The maximum atomic E-state index is 5.72. The van der Waals surface area contributed by atoms with Gasteiger partial charge in [-0.1, -0.05) is 12.7 Å². The van der Waals surface area contributed by atoms with Gasteiger partial charge < -0.3 is 17.0 Å². The fourth-order valence-corrected chi connectivity index (χ4v) is 0.963. The Bertz CT molecular complexity index is 271. The molecule has 66 valence electrons. The summed E-state index contributed by atoms with van der Waals surface area (Å²) in [5, 5.41) is 0. The van der Waals surface area contributed by atoms with Crippen LogP contribution in [0.1, 0.15) is 5.56 Å². The van der Waals surface area contributed by atoms with E-state index in [1.165, 1.54) is 5.56 Å². The molecule has 0 spiro atoms. The molecule has 0 saturated carbocycles. The van der Waals surface area contributed by atoms with E-state index in [1.54, 1.807) is 0 Å². The van der Waals surface area contributed by atoms with Crippen LogP contribution in [0.25, 0.3) is 0 Å². The van der Waals surface area contributed by atoms with Crippen LogP contribution in [0.3, 0.4) is 0 Å². The molecule has 0 radical (unpaired) electrons. The van der Waals surface area contributed by atoms with E-state index < -0.39 is 0 Å². The first kappa shape index (κ1) is 11.2. The molecule has 2 N–H and O–H groups in total. The second-order valence-electron chi connectivity index (χ2n) is 2.57. The summed E-state index contributed by atoms with van der Waals surface area (Å²) in [7, 11) is 0. The van der Waals surface area contributed by atoms with Gasteiger partial charge in [0.25, 0.3) is 5.82 Å². The number of nitrogens with two attached hydrogens (primary N) is 1. The third-order valence-corrected chi connectivity index (χ3v) is 1.55. The predicted octanol–water partition coefficient (Wildman–Crippen LogP) is -1.95. The molecule has 3 heteroatoms. The van der Waals surface area contributed by atoms with Crippen molar-refractivity contribution < 1.29 is 21.5 Å². The summed E-state index contributed by atoms with van der Waals surface area (Å²) in [6.07, 6.45) is 3.79. The lowest BCUT2D eigenvalue weighted by Crippen LogP contribution is -3.00. The van der Waals surface area contributed by atoms with Crippen molar-refractivity contribution in [1.82, 2.24) is 0 Å². The fourth-order valence-electron chi connectivity index (χ4n) is 0.963. The van der Waals surface area contributed by atoms with Crippen molar-refractivity contribution in [3.63, 3.8) is 0 Å².